The lowest BCUT2D eigenvalue weighted by Gasteiger charge is -2.07. The van der Waals surface area contributed by atoms with Crippen LogP contribution in [0.25, 0.3) is 10.8 Å². The lowest BCUT2D eigenvalue weighted by atomic mass is 10.1. The van der Waals surface area contributed by atoms with E-state index in [2.05, 4.69) is 6.07 Å². The highest BCUT2D eigenvalue weighted by Gasteiger charge is 2.15. The number of aromatic hydroxyl groups is 1. The van der Waals surface area contributed by atoms with Crippen molar-refractivity contribution in [2.75, 3.05) is 0 Å². The van der Waals surface area contributed by atoms with E-state index in [0.29, 0.717) is 21.1 Å². The summed E-state index contributed by atoms with van der Waals surface area (Å²) in [6, 6.07) is 12.4. The lowest BCUT2D eigenvalue weighted by molar-refractivity contribution is 0.429. The predicted molar refractivity (Wildman–Crippen MR) is 86.5 cm³/mol. The molecule has 0 amide bonds. The van der Waals surface area contributed by atoms with Crippen LogP contribution in [0, 0.1) is 20.7 Å². The van der Waals surface area contributed by atoms with Gasteiger partial charge in [-0.2, -0.15) is 5.26 Å². The molecular formula is C16H10FIN2O. The summed E-state index contributed by atoms with van der Waals surface area (Å²) in [5.41, 5.74) is 1.38. The summed E-state index contributed by atoms with van der Waals surface area (Å²) in [5, 5.41) is 20.7. The highest BCUT2D eigenvalue weighted by Crippen LogP contribution is 2.33. The Hall–Kier alpha value is -2.07. The summed E-state index contributed by atoms with van der Waals surface area (Å²) in [6.07, 6.45) is 1.76. The summed E-state index contributed by atoms with van der Waals surface area (Å²) < 4.78 is 15.6. The average Bonchev–Trinajstić information content (AvgIpc) is 2.81. The Balaban J connectivity index is 2.12. The molecule has 3 nitrogen and oxygen atoms in total. The van der Waals surface area contributed by atoms with Gasteiger partial charge >= 0.3 is 0 Å². The van der Waals surface area contributed by atoms with Gasteiger partial charge in [-0.15, -0.1) is 0 Å². The van der Waals surface area contributed by atoms with E-state index in [4.69, 9.17) is 5.26 Å². The predicted octanol–water partition coefficient (Wildman–Crippen LogP) is 4.01. The van der Waals surface area contributed by atoms with E-state index in [1.54, 1.807) is 29.0 Å². The average molecular weight is 392 g/mol. The van der Waals surface area contributed by atoms with Gasteiger partial charge in [0.25, 0.3) is 0 Å². The van der Waals surface area contributed by atoms with Gasteiger partial charge in [-0.1, -0.05) is 18.2 Å². The van der Waals surface area contributed by atoms with Crippen molar-refractivity contribution in [1.29, 1.82) is 5.26 Å². The van der Waals surface area contributed by atoms with Crippen LogP contribution in [-0.2, 0) is 6.54 Å². The van der Waals surface area contributed by atoms with E-state index in [1.165, 1.54) is 6.07 Å². The minimum Gasteiger partial charge on any atom is -0.494 e. The van der Waals surface area contributed by atoms with Gasteiger partial charge in [-0.25, -0.2) is 4.39 Å². The normalized spacial score (nSPS) is 10.7. The van der Waals surface area contributed by atoms with Crippen LogP contribution >= 0.6 is 22.6 Å². The number of halogens is 2. The van der Waals surface area contributed by atoms with Crippen molar-refractivity contribution in [3.05, 3.63) is 63.1 Å². The number of fused-ring (bicyclic) bond motifs is 1. The number of benzene rings is 2. The smallest absolute Gasteiger partial charge is 0.200 e. The molecule has 0 bridgehead atoms. The molecule has 5 heteroatoms. The highest BCUT2D eigenvalue weighted by atomic mass is 127. The van der Waals surface area contributed by atoms with E-state index < -0.39 is 0 Å². The topological polar surface area (TPSA) is 49.0 Å². The summed E-state index contributed by atoms with van der Waals surface area (Å²) in [5.74, 6) is -0.338. The van der Waals surface area contributed by atoms with E-state index in [1.807, 2.05) is 34.7 Å². The van der Waals surface area contributed by atoms with Crippen LogP contribution in [0.3, 0.4) is 0 Å². The second-order valence-electron chi connectivity index (χ2n) is 4.68. The van der Waals surface area contributed by atoms with Crippen LogP contribution in [0.4, 0.5) is 4.39 Å². The molecule has 0 saturated heterocycles. The Morgan fingerprint density at radius 3 is 2.76 bits per heavy atom. The molecule has 0 aliphatic heterocycles. The Morgan fingerprint density at radius 2 is 2.00 bits per heavy atom. The van der Waals surface area contributed by atoms with Gasteiger partial charge in [0.2, 0.25) is 5.88 Å². The molecule has 0 aliphatic rings. The van der Waals surface area contributed by atoms with E-state index in [9.17, 15) is 9.50 Å². The van der Waals surface area contributed by atoms with Crippen molar-refractivity contribution < 1.29 is 9.50 Å². The van der Waals surface area contributed by atoms with Gasteiger partial charge in [0.1, 0.15) is 5.82 Å². The van der Waals surface area contributed by atoms with Crippen molar-refractivity contribution in [2.45, 2.75) is 6.54 Å². The SMILES string of the molecule is N#Cc1ccccc1Cn1cc2ccc(F)c(I)c2c1O. The molecule has 21 heavy (non-hydrogen) atoms. The van der Waals surface area contributed by atoms with Gasteiger partial charge in [-0.05, 0) is 46.4 Å². The zero-order chi connectivity index (χ0) is 15.0. The molecule has 104 valence electrons. The van der Waals surface area contributed by atoms with Crippen LogP contribution in [0.5, 0.6) is 5.88 Å². The Morgan fingerprint density at radius 1 is 1.24 bits per heavy atom. The molecule has 0 unspecified atom stereocenters. The van der Waals surface area contributed by atoms with E-state index in [-0.39, 0.29) is 11.7 Å². The first-order valence-electron chi connectivity index (χ1n) is 6.25. The molecule has 0 fully saturated rings. The molecule has 0 atom stereocenters. The summed E-state index contributed by atoms with van der Waals surface area (Å²) in [6.45, 7) is 0.363. The van der Waals surface area contributed by atoms with E-state index in [0.717, 1.165) is 10.9 Å². The number of hydrogen-bond acceptors (Lipinski definition) is 2. The van der Waals surface area contributed by atoms with Crippen molar-refractivity contribution in [3.63, 3.8) is 0 Å². The Bertz CT molecular complexity index is 880. The Labute approximate surface area is 134 Å². The molecule has 3 aromatic rings. The van der Waals surface area contributed by atoms with Gasteiger partial charge in [0.05, 0.1) is 27.1 Å². The fourth-order valence-electron chi connectivity index (χ4n) is 2.34. The molecule has 1 heterocycles. The van der Waals surface area contributed by atoms with Crippen LogP contribution in [-0.4, -0.2) is 9.67 Å². The fraction of sp³-hybridized carbons (Fsp3) is 0.0625. The van der Waals surface area contributed by atoms with Gasteiger partial charge in [0.15, 0.2) is 0 Å². The monoisotopic (exact) mass is 392 g/mol. The number of hydrogen-bond donors (Lipinski definition) is 1. The molecule has 0 saturated carbocycles. The van der Waals surface area contributed by atoms with Crippen molar-refractivity contribution >= 4 is 33.4 Å². The largest absolute Gasteiger partial charge is 0.494 e. The van der Waals surface area contributed by atoms with Crippen molar-refractivity contribution in [3.8, 4) is 11.9 Å². The molecule has 1 aromatic heterocycles. The zero-order valence-electron chi connectivity index (χ0n) is 10.8. The van der Waals surface area contributed by atoms with Gasteiger partial charge in [-0.3, -0.25) is 0 Å². The fourth-order valence-corrected chi connectivity index (χ4v) is 3.08. The molecule has 0 spiro atoms. The third-order valence-corrected chi connectivity index (χ3v) is 4.45. The number of nitriles is 1. The van der Waals surface area contributed by atoms with E-state index >= 15 is 0 Å². The van der Waals surface area contributed by atoms with Crippen molar-refractivity contribution in [1.82, 2.24) is 4.57 Å². The summed E-state index contributed by atoms with van der Waals surface area (Å²) in [4.78, 5) is 0. The highest BCUT2D eigenvalue weighted by molar-refractivity contribution is 14.1. The van der Waals surface area contributed by atoms with Crippen LogP contribution in [0.15, 0.2) is 42.6 Å². The Kier molecular flexibility index (Phi) is 3.55. The standard InChI is InChI=1S/C16H10FIN2O/c17-13-6-5-12-9-20(16(21)14(12)15(13)18)8-11-4-2-1-3-10(11)7-19/h1-6,9,21H,8H2. The number of aromatic nitrogens is 1. The van der Waals surface area contributed by atoms with Crippen LogP contribution < -0.4 is 0 Å². The molecule has 1 N–H and O–H groups in total. The molecular weight excluding hydrogens is 382 g/mol. The minimum absolute atomic E-state index is 0.0154. The third kappa shape index (κ3) is 2.36. The first-order chi connectivity index (χ1) is 10.1. The molecule has 2 aromatic carbocycles. The first kappa shape index (κ1) is 13.9. The van der Waals surface area contributed by atoms with Crippen LogP contribution in [0.1, 0.15) is 11.1 Å². The third-order valence-electron chi connectivity index (χ3n) is 3.40. The first-order valence-corrected chi connectivity index (χ1v) is 7.33. The second-order valence-corrected chi connectivity index (χ2v) is 5.75. The lowest BCUT2D eigenvalue weighted by Crippen LogP contribution is -1.99. The quantitative estimate of drug-likeness (QED) is 0.670. The summed E-state index contributed by atoms with van der Waals surface area (Å²) >= 11 is 1.89. The number of rotatable bonds is 2. The maximum Gasteiger partial charge on any atom is 0.200 e. The molecule has 0 radical (unpaired) electrons. The number of nitrogens with zero attached hydrogens (tertiary/aromatic N) is 2. The van der Waals surface area contributed by atoms with Gasteiger partial charge < -0.3 is 9.67 Å². The van der Waals surface area contributed by atoms with Crippen molar-refractivity contribution in [2.24, 2.45) is 0 Å². The molecule has 0 aliphatic carbocycles. The maximum absolute atomic E-state index is 13.6. The summed E-state index contributed by atoms with van der Waals surface area (Å²) in [7, 11) is 0. The minimum atomic E-state index is -0.353. The molecule has 3 rings (SSSR count). The second kappa shape index (κ2) is 5.37. The van der Waals surface area contributed by atoms with Crippen LogP contribution in [0.2, 0.25) is 0 Å². The zero-order valence-corrected chi connectivity index (χ0v) is 13.0. The van der Waals surface area contributed by atoms with Gasteiger partial charge in [0, 0.05) is 11.6 Å². The maximum atomic E-state index is 13.6.